The summed E-state index contributed by atoms with van der Waals surface area (Å²) in [7, 11) is -4.64. The van der Waals surface area contributed by atoms with Crippen molar-refractivity contribution in [2.75, 3.05) is 32.0 Å². The van der Waals surface area contributed by atoms with E-state index in [4.69, 9.17) is 20.3 Å². The zero-order valence-electron chi connectivity index (χ0n) is 15.8. The number of nitrogens with zero attached hydrogens (tertiary/aromatic N) is 3. The number of rotatable bonds is 7. The molecule has 11 nitrogen and oxygen atoms in total. The first-order chi connectivity index (χ1) is 12.6. The molecule has 1 aliphatic heterocycles. The van der Waals surface area contributed by atoms with Crippen molar-refractivity contribution in [3.05, 3.63) is 22.7 Å². The number of nitrogens with two attached hydrogens (primary N) is 1. The number of aromatic nitrogens is 2. The summed E-state index contributed by atoms with van der Waals surface area (Å²) in [5, 5.41) is 9.74. The number of hydrogen-bond acceptors (Lipinski definition) is 8. The van der Waals surface area contributed by atoms with E-state index < -0.39 is 38.6 Å². The molecule has 0 radical (unpaired) electrons. The standard InChI is InChI=1S/C9H14N3O7P.C6H15N/c10-7-1-2-12(9(14)11-7)8-3-5(13)6(19-8)4-18-20(15,16)17;1-4-7(5-2)6-3/h1-2,5-6,8,13H,3-4H2,(H2,10,11,14)(H2,15,16,17);4-6H2,1-3H3/t5-,6+,8+;/m0./s1. The van der Waals surface area contributed by atoms with Crippen molar-refractivity contribution in [3.63, 3.8) is 0 Å². The summed E-state index contributed by atoms with van der Waals surface area (Å²) >= 11 is 0. The number of aliphatic hydroxyl groups is 1. The van der Waals surface area contributed by atoms with Gasteiger partial charge in [0.15, 0.2) is 0 Å². The molecule has 0 spiro atoms. The molecular formula is C15H29N4O7P. The third-order valence-corrected chi connectivity index (χ3v) is 4.60. The molecule has 0 bridgehead atoms. The SMILES string of the molecule is CCN(CC)CC.Nc1ccn([C@H]2C[C@H](O)[C@@H](COP(=O)(O)O)O2)c(=O)n1. The van der Waals surface area contributed by atoms with Crippen LogP contribution in [0.3, 0.4) is 0 Å². The average Bonchev–Trinajstić information content (AvgIpc) is 2.95. The average molecular weight is 408 g/mol. The van der Waals surface area contributed by atoms with E-state index in [9.17, 15) is 14.5 Å². The third-order valence-electron chi connectivity index (χ3n) is 4.11. The quantitative estimate of drug-likeness (QED) is 0.450. The van der Waals surface area contributed by atoms with Crippen LogP contribution >= 0.6 is 7.82 Å². The van der Waals surface area contributed by atoms with Gasteiger partial charge in [0, 0.05) is 12.6 Å². The van der Waals surface area contributed by atoms with Crippen molar-refractivity contribution in [2.45, 2.75) is 45.6 Å². The lowest BCUT2D eigenvalue weighted by atomic mass is 10.2. The Labute approximate surface area is 158 Å². The molecule has 0 aliphatic carbocycles. The van der Waals surface area contributed by atoms with Gasteiger partial charge in [0.05, 0.1) is 12.7 Å². The molecule has 5 N–H and O–H groups in total. The second-order valence-corrected chi connectivity index (χ2v) is 7.12. The number of ether oxygens (including phenoxy) is 1. The molecule has 2 heterocycles. The number of anilines is 1. The van der Waals surface area contributed by atoms with Gasteiger partial charge in [-0.05, 0) is 25.7 Å². The third kappa shape index (κ3) is 8.06. The molecule has 12 heteroatoms. The van der Waals surface area contributed by atoms with Gasteiger partial charge < -0.3 is 30.3 Å². The van der Waals surface area contributed by atoms with Crippen LogP contribution in [0.1, 0.15) is 33.4 Å². The molecule has 0 aromatic carbocycles. The van der Waals surface area contributed by atoms with Crippen LogP contribution in [0.2, 0.25) is 0 Å². The van der Waals surface area contributed by atoms with E-state index in [1.165, 1.54) is 31.9 Å². The topological polar surface area (TPSA) is 160 Å². The highest BCUT2D eigenvalue weighted by Gasteiger charge is 2.36. The maximum absolute atomic E-state index is 11.6. The Bertz CT molecular complexity index is 671. The maximum Gasteiger partial charge on any atom is 0.469 e. The van der Waals surface area contributed by atoms with Crippen LogP contribution in [0, 0.1) is 0 Å². The summed E-state index contributed by atoms with van der Waals surface area (Å²) in [6, 6.07) is 1.40. The molecule has 1 aromatic rings. The molecule has 3 atom stereocenters. The van der Waals surface area contributed by atoms with E-state index in [0.717, 1.165) is 4.57 Å². The van der Waals surface area contributed by atoms with E-state index in [0.29, 0.717) is 0 Å². The number of nitrogen functional groups attached to an aromatic ring is 1. The number of phosphoric acid groups is 1. The van der Waals surface area contributed by atoms with E-state index >= 15 is 0 Å². The summed E-state index contributed by atoms with van der Waals surface area (Å²) in [5.41, 5.74) is 4.72. The molecule has 156 valence electrons. The first-order valence-corrected chi connectivity index (χ1v) is 10.2. The minimum atomic E-state index is -4.64. The zero-order chi connectivity index (χ0) is 20.6. The lowest BCUT2D eigenvalue weighted by Gasteiger charge is -2.16. The normalized spacial score (nSPS) is 22.6. The van der Waals surface area contributed by atoms with Crippen LogP contribution in [-0.4, -0.2) is 67.8 Å². The fourth-order valence-electron chi connectivity index (χ4n) is 2.52. The predicted molar refractivity (Wildman–Crippen MR) is 98.9 cm³/mol. The Balaban J connectivity index is 0.000000445. The Hall–Kier alpha value is -1.33. The number of phosphoric ester groups is 1. The second kappa shape index (κ2) is 10.9. The van der Waals surface area contributed by atoms with Gasteiger partial charge in [-0.3, -0.25) is 9.09 Å². The van der Waals surface area contributed by atoms with Gasteiger partial charge in [0.2, 0.25) is 0 Å². The second-order valence-electron chi connectivity index (χ2n) is 5.88. The Morgan fingerprint density at radius 3 is 2.41 bits per heavy atom. The van der Waals surface area contributed by atoms with Gasteiger partial charge in [0.25, 0.3) is 0 Å². The van der Waals surface area contributed by atoms with Crippen LogP contribution in [0.5, 0.6) is 0 Å². The molecule has 1 aromatic heterocycles. The first-order valence-electron chi connectivity index (χ1n) is 8.71. The summed E-state index contributed by atoms with van der Waals surface area (Å²) in [6.07, 6.45) is -1.32. The van der Waals surface area contributed by atoms with Crippen LogP contribution in [-0.2, 0) is 13.8 Å². The Kier molecular flexibility index (Phi) is 9.54. The molecular weight excluding hydrogens is 379 g/mol. The van der Waals surface area contributed by atoms with E-state index in [-0.39, 0.29) is 12.2 Å². The largest absolute Gasteiger partial charge is 0.469 e. The van der Waals surface area contributed by atoms with Gasteiger partial charge in [-0.25, -0.2) is 9.36 Å². The molecule has 2 rings (SSSR count). The minimum absolute atomic E-state index is 0.0613. The summed E-state index contributed by atoms with van der Waals surface area (Å²) in [5.74, 6) is 0.0613. The van der Waals surface area contributed by atoms with Crippen LogP contribution in [0.25, 0.3) is 0 Å². The number of hydrogen-bond donors (Lipinski definition) is 4. The van der Waals surface area contributed by atoms with Gasteiger partial charge in [-0.2, -0.15) is 4.98 Å². The Morgan fingerprint density at radius 1 is 1.37 bits per heavy atom. The smallest absolute Gasteiger partial charge is 0.390 e. The van der Waals surface area contributed by atoms with Crippen LogP contribution < -0.4 is 11.4 Å². The van der Waals surface area contributed by atoms with Gasteiger partial charge in [-0.15, -0.1) is 0 Å². The monoisotopic (exact) mass is 408 g/mol. The Morgan fingerprint density at radius 2 is 1.96 bits per heavy atom. The molecule has 0 saturated carbocycles. The van der Waals surface area contributed by atoms with Crippen molar-refractivity contribution in [1.82, 2.24) is 14.5 Å². The molecule has 27 heavy (non-hydrogen) atoms. The molecule has 1 fully saturated rings. The molecule has 1 saturated heterocycles. The van der Waals surface area contributed by atoms with Crippen molar-refractivity contribution in [3.8, 4) is 0 Å². The van der Waals surface area contributed by atoms with Crippen LogP contribution in [0.15, 0.2) is 17.1 Å². The predicted octanol–water partition coefficient (Wildman–Crippen LogP) is -0.0687. The van der Waals surface area contributed by atoms with Crippen LogP contribution in [0.4, 0.5) is 5.82 Å². The van der Waals surface area contributed by atoms with E-state index in [1.807, 2.05) is 0 Å². The first kappa shape index (κ1) is 23.7. The lowest BCUT2D eigenvalue weighted by molar-refractivity contribution is -0.0450. The van der Waals surface area contributed by atoms with Crippen molar-refractivity contribution < 1.29 is 28.7 Å². The number of aliphatic hydroxyl groups excluding tert-OH is 1. The maximum atomic E-state index is 11.6. The van der Waals surface area contributed by atoms with E-state index in [1.54, 1.807) is 0 Å². The minimum Gasteiger partial charge on any atom is -0.390 e. The van der Waals surface area contributed by atoms with Crippen molar-refractivity contribution >= 4 is 13.6 Å². The fourth-order valence-corrected chi connectivity index (χ4v) is 2.86. The summed E-state index contributed by atoms with van der Waals surface area (Å²) < 4.78 is 21.3. The highest BCUT2D eigenvalue weighted by Crippen LogP contribution is 2.38. The zero-order valence-corrected chi connectivity index (χ0v) is 16.7. The highest BCUT2D eigenvalue weighted by atomic mass is 31.2. The molecule has 1 aliphatic rings. The van der Waals surface area contributed by atoms with Gasteiger partial charge in [-0.1, -0.05) is 20.8 Å². The lowest BCUT2D eigenvalue weighted by Crippen LogP contribution is -2.28. The molecule has 0 unspecified atom stereocenters. The highest BCUT2D eigenvalue weighted by molar-refractivity contribution is 7.46. The van der Waals surface area contributed by atoms with Gasteiger partial charge >= 0.3 is 13.5 Å². The van der Waals surface area contributed by atoms with E-state index in [2.05, 4.69) is 35.2 Å². The summed E-state index contributed by atoms with van der Waals surface area (Å²) in [6.45, 7) is 9.64. The van der Waals surface area contributed by atoms with Crippen molar-refractivity contribution in [1.29, 1.82) is 0 Å². The fraction of sp³-hybridized carbons (Fsp3) is 0.733. The van der Waals surface area contributed by atoms with Crippen molar-refractivity contribution in [2.24, 2.45) is 0 Å². The van der Waals surface area contributed by atoms with Gasteiger partial charge in [0.1, 0.15) is 18.1 Å². The summed E-state index contributed by atoms with van der Waals surface area (Å²) in [4.78, 5) is 34.7. The molecule has 0 amide bonds.